The lowest BCUT2D eigenvalue weighted by Crippen LogP contribution is -2.40. The molecule has 0 aromatic carbocycles. The van der Waals surface area contributed by atoms with E-state index in [0.29, 0.717) is 18.2 Å². The van der Waals surface area contributed by atoms with Gasteiger partial charge in [-0.1, -0.05) is 6.92 Å². The number of aromatic nitrogens is 1. The molecule has 1 aromatic rings. The van der Waals surface area contributed by atoms with E-state index in [-0.39, 0.29) is 12.4 Å². The van der Waals surface area contributed by atoms with Gasteiger partial charge in [-0.2, -0.15) is 13.2 Å². The first kappa shape index (κ1) is 17.4. The molecule has 9 heteroatoms. The molecular weight excluding hydrogens is 291 g/mol. The van der Waals surface area contributed by atoms with Crippen LogP contribution in [0.15, 0.2) is 6.20 Å². The van der Waals surface area contributed by atoms with Crippen LogP contribution in [-0.2, 0) is 6.54 Å². The van der Waals surface area contributed by atoms with Crippen molar-refractivity contribution in [1.29, 1.82) is 0 Å². The zero-order chi connectivity index (χ0) is 13.1. The number of nitrogen functional groups attached to an aromatic ring is 1. The van der Waals surface area contributed by atoms with Crippen molar-refractivity contribution in [3.8, 4) is 0 Å². The number of nitrogens with two attached hydrogens (primary N) is 1. The van der Waals surface area contributed by atoms with Gasteiger partial charge in [0.25, 0.3) is 0 Å². The van der Waals surface area contributed by atoms with Crippen molar-refractivity contribution in [1.82, 2.24) is 9.88 Å². The van der Waals surface area contributed by atoms with Crippen LogP contribution in [0.1, 0.15) is 11.8 Å². The molecule has 0 radical (unpaired) electrons. The third-order valence-corrected chi connectivity index (χ3v) is 3.02. The van der Waals surface area contributed by atoms with E-state index in [2.05, 4.69) is 4.98 Å². The highest BCUT2D eigenvalue weighted by Crippen LogP contribution is 2.22. The van der Waals surface area contributed by atoms with Gasteiger partial charge < -0.3 is 10.8 Å². The summed E-state index contributed by atoms with van der Waals surface area (Å²) in [7, 11) is 0. The van der Waals surface area contributed by atoms with Crippen LogP contribution >= 0.6 is 23.7 Å². The summed E-state index contributed by atoms with van der Waals surface area (Å²) < 4.78 is 36.5. The van der Waals surface area contributed by atoms with Crippen molar-refractivity contribution >= 4 is 28.9 Å². The number of aliphatic hydroxyl groups excluding tert-OH is 1. The van der Waals surface area contributed by atoms with Crippen molar-refractivity contribution in [3.05, 3.63) is 11.1 Å². The average Bonchev–Trinajstić information content (AvgIpc) is 2.61. The number of hydrogen-bond acceptors (Lipinski definition) is 5. The van der Waals surface area contributed by atoms with Crippen LogP contribution in [0.25, 0.3) is 0 Å². The lowest BCUT2D eigenvalue weighted by Gasteiger charge is -2.24. The number of hydrogen-bond donors (Lipinski definition) is 2. The molecule has 4 nitrogen and oxygen atoms in total. The maximum Gasteiger partial charge on any atom is 0.415 e. The summed E-state index contributed by atoms with van der Waals surface area (Å²) in [6, 6.07) is 0. The average molecular weight is 306 g/mol. The molecule has 1 heterocycles. The summed E-state index contributed by atoms with van der Waals surface area (Å²) in [4.78, 5) is 6.08. The van der Waals surface area contributed by atoms with Gasteiger partial charge in [0.05, 0.1) is 0 Å². The standard InChI is InChI=1S/C9H14F3N3OS.ClH/c1-2-15(5-7(16)9(10,11)12)4-6-3-14-8(13)17-6;/h3,7,16H,2,4-5H2,1H3,(H2,13,14);1H. The molecule has 0 saturated heterocycles. The normalized spacial score (nSPS) is 13.4. The first-order valence-corrected chi connectivity index (χ1v) is 5.82. The number of alkyl halides is 3. The Balaban J connectivity index is 0.00000289. The van der Waals surface area contributed by atoms with Crippen LogP contribution < -0.4 is 5.73 Å². The second-order valence-corrected chi connectivity index (χ2v) is 4.70. The van der Waals surface area contributed by atoms with Crippen molar-refractivity contribution in [2.45, 2.75) is 25.7 Å². The van der Waals surface area contributed by atoms with Gasteiger partial charge in [-0.15, -0.1) is 23.7 Å². The molecule has 1 unspecified atom stereocenters. The van der Waals surface area contributed by atoms with E-state index in [0.717, 1.165) is 4.88 Å². The van der Waals surface area contributed by atoms with E-state index < -0.39 is 18.8 Å². The lowest BCUT2D eigenvalue weighted by molar-refractivity contribution is -0.208. The molecule has 106 valence electrons. The topological polar surface area (TPSA) is 62.4 Å². The minimum absolute atomic E-state index is 0. The fourth-order valence-electron chi connectivity index (χ4n) is 1.27. The van der Waals surface area contributed by atoms with Gasteiger partial charge in [0, 0.05) is 24.2 Å². The number of rotatable bonds is 5. The molecule has 1 atom stereocenters. The molecule has 0 fully saturated rings. The van der Waals surface area contributed by atoms with Crippen molar-refractivity contribution < 1.29 is 18.3 Å². The zero-order valence-electron chi connectivity index (χ0n) is 9.65. The summed E-state index contributed by atoms with van der Waals surface area (Å²) >= 11 is 1.23. The summed E-state index contributed by atoms with van der Waals surface area (Å²) in [6.07, 6.45) is -5.38. The van der Waals surface area contributed by atoms with Crippen LogP contribution in [0.2, 0.25) is 0 Å². The van der Waals surface area contributed by atoms with Crippen LogP contribution in [0.3, 0.4) is 0 Å². The molecule has 0 aliphatic heterocycles. The van der Waals surface area contributed by atoms with Gasteiger partial charge in [0.2, 0.25) is 0 Å². The summed E-state index contributed by atoms with van der Waals surface area (Å²) in [5.74, 6) is 0. The molecule has 0 saturated carbocycles. The Bertz CT molecular complexity index is 361. The summed E-state index contributed by atoms with van der Waals surface area (Å²) in [6.45, 7) is 1.99. The summed E-state index contributed by atoms with van der Waals surface area (Å²) in [5, 5.41) is 9.35. The Labute approximate surface area is 113 Å². The number of anilines is 1. The molecule has 0 amide bonds. The highest BCUT2D eigenvalue weighted by molar-refractivity contribution is 7.15. The molecule has 0 spiro atoms. The third-order valence-electron chi connectivity index (χ3n) is 2.21. The van der Waals surface area contributed by atoms with Crippen molar-refractivity contribution in [3.63, 3.8) is 0 Å². The van der Waals surface area contributed by atoms with Gasteiger partial charge in [-0.05, 0) is 6.54 Å². The molecule has 0 aliphatic carbocycles. The van der Waals surface area contributed by atoms with Crippen LogP contribution in [0.5, 0.6) is 0 Å². The van der Waals surface area contributed by atoms with Gasteiger partial charge in [-0.3, -0.25) is 4.90 Å². The van der Waals surface area contributed by atoms with Gasteiger partial charge in [-0.25, -0.2) is 4.98 Å². The highest BCUT2D eigenvalue weighted by atomic mass is 35.5. The van der Waals surface area contributed by atoms with Crippen LogP contribution in [-0.4, -0.2) is 40.4 Å². The monoisotopic (exact) mass is 305 g/mol. The fourth-order valence-corrected chi connectivity index (χ4v) is 2.00. The Kier molecular flexibility index (Phi) is 6.90. The Morgan fingerprint density at radius 2 is 2.17 bits per heavy atom. The first-order chi connectivity index (χ1) is 7.82. The predicted molar refractivity (Wildman–Crippen MR) is 66.8 cm³/mol. The van der Waals surface area contributed by atoms with Gasteiger partial charge >= 0.3 is 6.18 Å². The molecule has 1 rings (SSSR count). The van der Waals surface area contributed by atoms with E-state index in [1.165, 1.54) is 22.4 Å². The largest absolute Gasteiger partial charge is 0.415 e. The number of likely N-dealkylation sites (N-methyl/N-ethyl adjacent to an activating group) is 1. The van der Waals surface area contributed by atoms with E-state index in [4.69, 9.17) is 10.8 Å². The second-order valence-electron chi connectivity index (χ2n) is 3.55. The number of nitrogens with zero attached hydrogens (tertiary/aromatic N) is 2. The lowest BCUT2D eigenvalue weighted by atomic mass is 10.3. The van der Waals surface area contributed by atoms with Crippen molar-refractivity contribution in [2.24, 2.45) is 0 Å². The first-order valence-electron chi connectivity index (χ1n) is 5.00. The minimum Gasteiger partial charge on any atom is -0.382 e. The maximum absolute atomic E-state index is 12.2. The molecular formula is C9H15ClF3N3OS. The van der Waals surface area contributed by atoms with Gasteiger partial charge in [0.1, 0.15) is 0 Å². The Morgan fingerprint density at radius 1 is 1.56 bits per heavy atom. The van der Waals surface area contributed by atoms with Crippen molar-refractivity contribution in [2.75, 3.05) is 18.8 Å². The van der Waals surface area contributed by atoms with Crippen LogP contribution in [0, 0.1) is 0 Å². The third kappa shape index (κ3) is 5.38. The Morgan fingerprint density at radius 3 is 2.56 bits per heavy atom. The van der Waals surface area contributed by atoms with E-state index >= 15 is 0 Å². The smallest absolute Gasteiger partial charge is 0.382 e. The zero-order valence-corrected chi connectivity index (χ0v) is 11.3. The van der Waals surface area contributed by atoms with E-state index in [1.807, 2.05) is 0 Å². The minimum atomic E-state index is -4.58. The highest BCUT2D eigenvalue weighted by Gasteiger charge is 2.38. The number of thiazole rings is 1. The summed E-state index contributed by atoms with van der Waals surface area (Å²) in [5.41, 5.74) is 5.43. The number of halogens is 4. The van der Waals surface area contributed by atoms with Crippen LogP contribution in [0.4, 0.5) is 18.3 Å². The quantitative estimate of drug-likeness (QED) is 0.872. The van der Waals surface area contributed by atoms with E-state index in [1.54, 1.807) is 6.92 Å². The predicted octanol–water partition coefficient (Wildman–Crippen LogP) is 1.89. The second kappa shape index (κ2) is 7.13. The fraction of sp³-hybridized carbons (Fsp3) is 0.667. The SMILES string of the molecule is CCN(Cc1cnc(N)s1)CC(O)C(F)(F)F.Cl. The molecule has 18 heavy (non-hydrogen) atoms. The molecule has 1 aromatic heterocycles. The number of aliphatic hydroxyl groups is 1. The van der Waals surface area contributed by atoms with Gasteiger partial charge in [0.15, 0.2) is 11.2 Å². The molecule has 0 bridgehead atoms. The van der Waals surface area contributed by atoms with E-state index in [9.17, 15) is 13.2 Å². The Hall–Kier alpha value is -0.570. The molecule has 0 aliphatic rings. The maximum atomic E-state index is 12.2. The molecule has 3 N–H and O–H groups in total.